The Balaban J connectivity index is 2.19. The molecule has 88 valence electrons. The molecule has 6 heteroatoms. The van der Waals surface area contributed by atoms with E-state index in [2.05, 4.69) is 26.5 Å². The van der Waals surface area contributed by atoms with Gasteiger partial charge in [-0.3, -0.25) is 14.9 Å². The SMILES string of the molecule is NNC(=O)c1cccc(Cn2cc(Br)cn2)c1. The molecule has 0 aliphatic heterocycles. The number of amides is 1. The number of halogens is 1. The molecule has 0 saturated heterocycles. The van der Waals surface area contributed by atoms with Crippen LogP contribution in [0, 0.1) is 0 Å². The second-order valence-corrected chi connectivity index (χ2v) is 4.45. The molecule has 1 aromatic carbocycles. The molecule has 0 bridgehead atoms. The van der Waals surface area contributed by atoms with Gasteiger partial charge in [-0.1, -0.05) is 12.1 Å². The quantitative estimate of drug-likeness (QED) is 0.509. The summed E-state index contributed by atoms with van der Waals surface area (Å²) in [7, 11) is 0. The molecule has 1 heterocycles. The van der Waals surface area contributed by atoms with Crippen LogP contribution in [0.5, 0.6) is 0 Å². The summed E-state index contributed by atoms with van der Waals surface area (Å²) in [6.45, 7) is 0.608. The number of aromatic nitrogens is 2. The third kappa shape index (κ3) is 2.92. The molecule has 17 heavy (non-hydrogen) atoms. The maximum atomic E-state index is 11.4. The van der Waals surface area contributed by atoms with Crippen molar-refractivity contribution in [3.8, 4) is 0 Å². The average molecular weight is 295 g/mol. The first-order chi connectivity index (χ1) is 8.19. The topological polar surface area (TPSA) is 72.9 Å². The van der Waals surface area contributed by atoms with Crippen LogP contribution >= 0.6 is 15.9 Å². The highest BCUT2D eigenvalue weighted by Gasteiger charge is 2.04. The van der Waals surface area contributed by atoms with Crippen LogP contribution < -0.4 is 11.3 Å². The second kappa shape index (κ2) is 5.11. The minimum atomic E-state index is -0.298. The molecule has 0 saturated carbocycles. The molecule has 5 nitrogen and oxygen atoms in total. The Bertz CT molecular complexity index is 538. The number of nitrogen functional groups attached to an aromatic ring is 1. The molecule has 1 aromatic heterocycles. The van der Waals surface area contributed by atoms with E-state index < -0.39 is 0 Å². The monoisotopic (exact) mass is 294 g/mol. The molecule has 2 aromatic rings. The van der Waals surface area contributed by atoms with E-state index in [1.54, 1.807) is 23.0 Å². The number of hydrogen-bond donors (Lipinski definition) is 2. The molecule has 3 N–H and O–H groups in total. The first-order valence-electron chi connectivity index (χ1n) is 4.97. The third-order valence-corrected chi connectivity index (χ3v) is 2.68. The maximum Gasteiger partial charge on any atom is 0.265 e. The normalized spacial score (nSPS) is 10.2. The molecular formula is C11H11BrN4O. The molecule has 0 unspecified atom stereocenters. The Hall–Kier alpha value is -1.66. The molecule has 0 aliphatic rings. The van der Waals surface area contributed by atoms with Gasteiger partial charge in [-0.25, -0.2) is 5.84 Å². The van der Waals surface area contributed by atoms with Gasteiger partial charge in [0.1, 0.15) is 0 Å². The first kappa shape index (κ1) is 11.8. The van der Waals surface area contributed by atoms with Gasteiger partial charge in [0.2, 0.25) is 0 Å². The van der Waals surface area contributed by atoms with Crippen LogP contribution in [0.1, 0.15) is 15.9 Å². The maximum absolute atomic E-state index is 11.4. The van der Waals surface area contributed by atoms with Gasteiger partial charge < -0.3 is 0 Å². The van der Waals surface area contributed by atoms with Gasteiger partial charge in [0.25, 0.3) is 5.91 Å². The number of hydrazine groups is 1. The lowest BCUT2D eigenvalue weighted by Crippen LogP contribution is -2.30. The fourth-order valence-electron chi connectivity index (χ4n) is 1.51. The lowest BCUT2D eigenvalue weighted by Gasteiger charge is -2.04. The van der Waals surface area contributed by atoms with E-state index in [-0.39, 0.29) is 5.91 Å². The fraction of sp³-hybridized carbons (Fsp3) is 0.0909. The van der Waals surface area contributed by atoms with Gasteiger partial charge in [-0.15, -0.1) is 0 Å². The van der Waals surface area contributed by atoms with Crippen molar-refractivity contribution in [1.29, 1.82) is 0 Å². The van der Waals surface area contributed by atoms with E-state index in [4.69, 9.17) is 5.84 Å². The largest absolute Gasteiger partial charge is 0.290 e. The predicted octanol–water partition coefficient (Wildman–Crippen LogP) is 1.30. The minimum absolute atomic E-state index is 0.298. The second-order valence-electron chi connectivity index (χ2n) is 3.53. The van der Waals surface area contributed by atoms with Gasteiger partial charge in [0.05, 0.1) is 17.2 Å². The third-order valence-electron chi connectivity index (χ3n) is 2.27. The first-order valence-corrected chi connectivity index (χ1v) is 5.76. The Morgan fingerprint density at radius 1 is 1.53 bits per heavy atom. The van der Waals surface area contributed by atoms with Crippen molar-refractivity contribution in [3.05, 3.63) is 52.3 Å². The molecule has 0 fully saturated rings. The van der Waals surface area contributed by atoms with Crippen LogP contribution in [-0.4, -0.2) is 15.7 Å². The number of carbonyl (C=O) groups excluding carboxylic acids is 1. The van der Waals surface area contributed by atoms with Crippen LogP contribution in [0.15, 0.2) is 41.1 Å². The number of nitrogens with two attached hydrogens (primary N) is 1. The Morgan fingerprint density at radius 2 is 2.35 bits per heavy atom. The molecule has 0 spiro atoms. The molecule has 1 amide bonds. The number of carbonyl (C=O) groups is 1. The lowest BCUT2D eigenvalue weighted by molar-refractivity contribution is 0.0953. The Labute approximate surface area is 107 Å². The highest BCUT2D eigenvalue weighted by molar-refractivity contribution is 9.10. The molecule has 2 rings (SSSR count). The van der Waals surface area contributed by atoms with Crippen molar-refractivity contribution in [2.24, 2.45) is 5.84 Å². The van der Waals surface area contributed by atoms with Gasteiger partial charge in [0, 0.05) is 11.8 Å². The number of nitrogens with zero attached hydrogens (tertiary/aromatic N) is 2. The van der Waals surface area contributed by atoms with Crippen LogP contribution in [0.25, 0.3) is 0 Å². The Morgan fingerprint density at radius 3 is 3.00 bits per heavy atom. The average Bonchev–Trinajstić information content (AvgIpc) is 2.74. The van der Waals surface area contributed by atoms with Crippen LogP contribution in [0.3, 0.4) is 0 Å². The zero-order chi connectivity index (χ0) is 12.3. The predicted molar refractivity (Wildman–Crippen MR) is 67.1 cm³/mol. The van der Waals surface area contributed by atoms with Crippen LogP contribution in [0.4, 0.5) is 0 Å². The molecular weight excluding hydrogens is 284 g/mol. The van der Waals surface area contributed by atoms with E-state index in [9.17, 15) is 4.79 Å². The molecule has 0 aliphatic carbocycles. The fourth-order valence-corrected chi connectivity index (χ4v) is 1.83. The number of nitrogens with one attached hydrogen (secondary N) is 1. The van der Waals surface area contributed by atoms with Gasteiger partial charge >= 0.3 is 0 Å². The van der Waals surface area contributed by atoms with Crippen molar-refractivity contribution in [3.63, 3.8) is 0 Å². The summed E-state index contributed by atoms with van der Waals surface area (Å²) in [5.74, 6) is 4.79. The van der Waals surface area contributed by atoms with Gasteiger partial charge in [-0.2, -0.15) is 5.10 Å². The highest BCUT2D eigenvalue weighted by Crippen LogP contribution is 2.10. The van der Waals surface area contributed by atoms with Crippen molar-refractivity contribution >= 4 is 21.8 Å². The zero-order valence-electron chi connectivity index (χ0n) is 8.93. The van der Waals surface area contributed by atoms with E-state index in [1.165, 1.54) is 0 Å². The summed E-state index contributed by atoms with van der Waals surface area (Å²) in [6, 6.07) is 7.25. The van der Waals surface area contributed by atoms with Crippen LogP contribution in [-0.2, 0) is 6.54 Å². The van der Waals surface area contributed by atoms with Crippen LogP contribution in [0.2, 0.25) is 0 Å². The summed E-state index contributed by atoms with van der Waals surface area (Å²) >= 11 is 3.33. The summed E-state index contributed by atoms with van der Waals surface area (Å²) < 4.78 is 2.71. The smallest absolute Gasteiger partial charge is 0.265 e. The summed E-state index contributed by atoms with van der Waals surface area (Å²) in [5.41, 5.74) is 3.63. The standard InChI is InChI=1S/C11H11BrN4O/c12-10-5-14-16(7-10)6-8-2-1-3-9(4-8)11(17)15-13/h1-5,7H,6,13H2,(H,15,17). The lowest BCUT2D eigenvalue weighted by atomic mass is 10.1. The molecule has 0 atom stereocenters. The van der Waals surface area contributed by atoms with E-state index >= 15 is 0 Å². The van der Waals surface area contributed by atoms with E-state index in [0.717, 1.165) is 10.0 Å². The van der Waals surface area contributed by atoms with E-state index in [0.29, 0.717) is 12.1 Å². The Kier molecular flexibility index (Phi) is 3.55. The molecule has 0 radical (unpaired) electrons. The number of hydrogen-bond acceptors (Lipinski definition) is 3. The summed E-state index contributed by atoms with van der Waals surface area (Å²) in [4.78, 5) is 11.4. The highest BCUT2D eigenvalue weighted by atomic mass is 79.9. The van der Waals surface area contributed by atoms with Crippen molar-refractivity contribution in [1.82, 2.24) is 15.2 Å². The van der Waals surface area contributed by atoms with Crippen molar-refractivity contribution in [2.75, 3.05) is 0 Å². The van der Waals surface area contributed by atoms with Crippen molar-refractivity contribution < 1.29 is 4.79 Å². The zero-order valence-corrected chi connectivity index (χ0v) is 10.5. The summed E-state index contributed by atoms with van der Waals surface area (Å²) in [6.07, 6.45) is 3.59. The summed E-state index contributed by atoms with van der Waals surface area (Å²) in [5, 5.41) is 4.15. The van der Waals surface area contributed by atoms with E-state index in [1.807, 2.05) is 18.3 Å². The van der Waals surface area contributed by atoms with Crippen molar-refractivity contribution in [2.45, 2.75) is 6.54 Å². The number of rotatable bonds is 3. The number of benzene rings is 1. The van der Waals surface area contributed by atoms with Gasteiger partial charge in [-0.05, 0) is 33.6 Å². The van der Waals surface area contributed by atoms with Gasteiger partial charge in [0.15, 0.2) is 0 Å². The minimum Gasteiger partial charge on any atom is -0.290 e.